The number of carbonyl (C=O) groups excluding carboxylic acids is 1. The number of halogens is 3. The van der Waals surface area contributed by atoms with Crippen LogP contribution in [0.4, 0.5) is 24.5 Å². The second kappa shape index (κ2) is 6.91. The van der Waals surface area contributed by atoms with Crippen molar-refractivity contribution >= 4 is 27.3 Å². The highest BCUT2D eigenvalue weighted by Gasteiger charge is 2.27. The fourth-order valence-electron chi connectivity index (χ4n) is 1.97. The lowest BCUT2D eigenvalue weighted by Crippen LogP contribution is -2.38. The molecule has 0 saturated heterocycles. The van der Waals surface area contributed by atoms with Gasteiger partial charge in [0, 0.05) is 0 Å². The van der Waals surface area contributed by atoms with Crippen LogP contribution in [0, 0.1) is 17.5 Å². The minimum Gasteiger partial charge on any atom is -0.322 e. The van der Waals surface area contributed by atoms with Gasteiger partial charge in [-0.2, -0.15) is 0 Å². The number of carbonyl (C=O) groups is 1. The van der Waals surface area contributed by atoms with Crippen LogP contribution in [-0.4, -0.2) is 27.1 Å². The summed E-state index contributed by atoms with van der Waals surface area (Å²) in [6.07, 6.45) is 0.704. The molecule has 0 aromatic heterocycles. The number of rotatable bonds is 5. The molecule has 0 saturated carbocycles. The Kier molecular flexibility index (Phi) is 5.13. The summed E-state index contributed by atoms with van der Waals surface area (Å²) in [6.45, 7) is -0.912. The van der Waals surface area contributed by atoms with Gasteiger partial charge in [0.15, 0.2) is 11.6 Å². The molecule has 128 valence electrons. The quantitative estimate of drug-likeness (QED) is 0.893. The molecule has 2 rings (SSSR count). The fourth-order valence-corrected chi connectivity index (χ4v) is 2.83. The van der Waals surface area contributed by atoms with E-state index in [4.69, 9.17) is 0 Å². The van der Waals surface area contributed by atoms with E-state index in [0.717, 1.165) is 24.3 Å². The lowest BCUT2D eigenvalue weighted by Gasteiger charge is -2.22. The second-order valence-electron chi connectivity index (χ2n) is 4.87. The fraction of sp³-hybridized carbons (Fsp3) is 0.133. The maximum atomic E-state index is 13.8. The van der Waals surface area contributed by atoms with E-state index in [1.54, 1.807) is 0 Å². The molecular weight excluding hydrogens is 345 g/mol. The lowest BCUT2D eigenvalue weighted by atomic mass is 10.3. The van der Waals surface area contributed by atoms with E-state index in [1.165, 1.54) is 18.2 Å². The summed E-state index contributed by atoms with van der Waals surface area (Å²) >= 11 is 0. The van der Waals surface area contributed by atoms with Gasteiger partial charge in [-0.05, 0) is 24.3 Å². The first-order chi connectivity index (χ1) is 11.2. The van der Waals surface area contributed by atoms with Crippen molar-refractivity contribution in [2.75, 3.05) is 22.4 Å². The van der Waals surface area contributed by atoms with Crippen LogP contribution in [-0.2, 0) is 14.8 Å². The number of anilines is 2. The van der Waals surface area contributed by atoms with E-state index in [2.05, 4.69) is 5.32 Å². The summed E-state index contributed by atoms with van der Waals surface area (Å²) in [4.78, 5) is 12.0. The number of benzene rings is 2. The van der Waals surface area contributed by atoms with Crippen LogP contribution in [0.15, 0.2) is 42.5 Å². The van der Waals surface area contributed by atoms with Crippen LogP contribution in [0.2, 0.25) is 0 Å². The van der Waals surface area contributed by atoms with Gasteiger partial charge >= 0.3 is 0 Å². The smallest absolute Gasteiger partial charge is 0.245 e. The molecule has 1 N–H and O–H groups in total. The van der Waals surface area contributed by atoms with Crippen LogP contribution in [0.25, 0.3) is 0 Å². The van der Waals surface area contributed by atoms with Crippen LogP contribution < -0.4 is 9.62 Å². The molecule has 0 aliphatic carbocycles. The van der Waals surface area contributed by atoms with Crippen LogP contribution >= 0.6 is 0 Å². The van der Waals surface area contributed by atoms with Crippen LogP contribution in [0.1, 0.15) is 0 Å². The summed E-state index contributed by atoms with van der Waals surface area (Å²) in [6, 6.07) is 8.03. The first kappa shape index (κ1) is 17.8. The average Bonchev–Trinajstić information content (AvgIpc) is 2.47. The van der Waals surface area contributed by atoms with Gasteiger partial charge in [-0.15, -0.1) is 0 Å². The van der Waals surface area contributed by atoms with E-state index in [1.807, 2.05) is 0 Å². The molecule has 0 radical (unpaired) electrons. The van der Waals surface area contributed by atoms with Crippen molar-refractivity contribution < 1.29 is 26.4 Å². The number of hydrogen-bond donors (Lipinski definition) is 1. The topological polar surface area (TPSA) is 66.5 Å². The van der Waals surface area contributed by atoms with Crippen molar-refractivity contribution in [3.63, 3.8) is 0 Å². The molecule has 0 bridgehead atoms. The highest BCUT2D eigenvalue weighted by atomic mass is 32.2. The van der Waals surface area contributed by atoms with Gasteiger partial charge in [0.05, 0.1) is 11.9 Å². The highest BCUT2D eigenvalue weighted by Crippen LogP contribution is 2.25. The second-order valence-corrected chi connectivity index (χ2v) is 6.77. The normalized spacial score (nSPS) is 11.2. The third-order valence-corrected chi connectivity index (χ3v) is 4.13. The molecule has 0 unspecified atom stereocenters. The van der Waals surface area contributed by atoms with Gasteiger partial charge in [-0.3, -0.25) is 9.10 Å². The third kappa shape index (κ3) is 4.05. The van der Waals surface area contributed by atoms with E-state index >= 15 is 0 Å². The molecule has 0 heterocycles. The van der Waals surface area contributed by atoms with E-state index < -0.39 is 45.6 Å². The first-order valence-corrected chi connectivity index (χ1v) is 8.51. The number of amides is 1. The zero-order valence-electron chi connectivity index (χ0n) is 12.5. The van der Waals surface area contributed by atoms with Crippen molar-refractivity contribution in [3.05, 3.63) is 59.9 Å². The molecule has 9 heteroatoms. The summed E-state index contributed by atoms with van der Waals surface area (Å²) < 4.78 is 65.1. The van der Waals surface area contributed by atoms with Gasteiger partial charge in [0.2, 0.25) is 15.9 Å². The summed E-state index contributed by atoms with van der Waals surface area (Å²) in [7, 11) is -4.16. The number of para-hydroxylation sites is 2. The van der Waals surface area contributed by atoms with Gasteiger partial charge in [-0.1, -0.05) is 18.2 Å². The molecule has 5 nitrogen and oxygen atoms in total. The van der Waals surface area contributed by atoms with Crippen LogP contribution in [0.3, 0.4) is 0 Å². The molecule has 1 amide bonds. The Bertz CT molecular complexity index is 852. The molecule has 0 fully saturated rings. The maximum absolute atomic E-state index is 13.8. The van der Waals surface area contributed by atoms with Crippen molar-refractivity contribution in [2.45, 2.75) is 0 Å². The van der Waals surface area contributed by atoms with Gasteiger partial charge in [0.25, 0.3) is 0 Å². The average molecular weight is 358 g/mol. The third-order valence-electron chi connectivity index (χ3n) is 3.02. The molecule has 0 atom stereocenters. The van der Waals surface area contributed by atoms with E-state index in [0.29, 0.717) is 6.26 Å². The minimum absolute atomic E-state index is 0.176. The molecule has 0 aliphatic rings. The largest absolute Gasteiger partial charge is 0.322 e. The van der Waals surface area contributed by atoms with Gasteiger partial charge in [-0.25, -0.2) is 21.6 Å². The SMILES string of the molecule is CS(=O)(=O)N(CC(=O)Nc1ccccc1F)c1c(F)cccc1F. The number of sulfonamides is 1. The zero-order chi connectivity index (χ0) is 17.9. The van der Waals surface area contributed by atoms with Crippen molar-refractivity contribution in [3.8, 4) is 0 Å². The summed E-state index contributed by atoms with van der Waals surface area (Å²) in [5, 5.41) is 2.16. The Hall–Kier alpha value is -2.55. The summed E-state index contributed by atoms with van der Waals surface area (Å²) in [5.41, 5.74) is -1.05. The van der Waals surface area contributed by atoms with Gasteiger partial charge in [0.1, 0.15) is 18.0 Å². The standard InChI is InChI=1S/C15H13F3N2O3S/c1-24(22,23)20(15-11(17)6-4-7-12(15)18)9-14(21)19-13-8-3-2-5-10(13)16/h2-8H,9H2,1H3,(H,19,21). The Morgan fingerprint density at radius 3 is 2.08 bits per heavy atom. The number of nitrogens with one attached hydrogen (secondary N) is 1. The van der Waals surface area contributed by atoms with Crippen molar-refractivity contribution in [2.24, 2.45) is 0 Å². The first-order valence-electron chi connectivity index (χ1n) is 6.66. The maximum Gasteiger partial charge on any atom is 0.245 e. The minimum atomic E-state index is -4.16. The number of hydrogen-bond acceptors (Lipinski definition) is 3. The van der Waals surface area contributed by atoms with Crippen molar-refractivity contribution in [1.29, 1.82) is 0 Å². The van der Waals surface area contributed by atoms with Crippen LogP contribution in [0.5, 0.6) is 0 Å². The molecule has 0 spiro atoms. The van der Waals surface area contributed by atoms with E-state index in [9.17, 15) is 26.4 Å². The Morgan fingerprint density at radius 2 is 1.54 bits per heavy atom. The lowest BCUT2D eigenvalue weighted by molar-refractivity contribution is -0.114. The monoisotopic (exact) mass is 358 g/mol. The van der Waals surface area contributed by atoms with Crippen molar-refractivity contribution in [1.82, 2.24) is 0 Å². The Morgan fingerprint density at radius 1 is 1.00 bits per heavy atom. The molecule has 24 heavy (non-hydrogen) atoms. The Balaban J connectivity index is 2.31. The molecule has 2 aromatic rings. The Labute approximate surface area is 136 Å². The molecule has 2 aromatic carbocycles. The van der Waals surface area contributed by atoms with E-state index in [-0.39, 0.29) is 9.99 Å². The molecule has 0 aliphatic heterocycles. The molecular formula is C15H13F3N2O3S. The zero-order valence-corrected chi connectivity index (χ0v) is 13.3. The highest BCUT2D eigenvalue weighted by molar-refractivity contribution is 7.92. The predicted octanol–water partition coefficient (Wildman–Crippen LogP) is 2.51. The predicted molar refractivity (Wildman–Crippen MR) is 83.6 cm³/mol. The van der Waals surface area contributed by atoms with Gasteiger partial charge < -0.3 is 5.32 Å². The number of nitrogens with zero attached hydrogens (tertiary/aromatic N) is 1. The summed E-state index contributed by atoms with van der Waals surface area (Å²) in [5.74, 6) is -3.96.